The van der Waals surface area contributed by atoms with Crippen molar-refractivity contribution >= 4 is 40.2 Å². The molecule has 1 amide bonds. The molecule has 0 spiro atoms. The van der Waals surface area contributed by atoms with Gasteiger partial charge >= 0.3 is 0 Å². The number of thioether (sulfide) groups is 1. The van der Waals surface area contributed by atoms with Gasteiger partial charge in [-0.25, -0.2) is 4.98 Å². The van der Waals surface area contributed by atoms with Crippen LogP contribution >= 0.6 is 23.4 Å². The maximum absolute atomic E-state index is 12.7. The van der Waals surface area contributed by atoms with Gasteiger partial charge in [0.2, 0.25) is 5.91 Å². The minimum Gasteiger partial charge on any atom is -0.335 e. The Morgan fingerprint density at radius 2 is 2.00 bits per heavy atom. The van der Waals surface area contributed by atoms with Gasteiger partial charge in [-0.15, -0.1) is 11.8 Å². The Bertz CT molecular complexity index is 1080. The Morgan fingerprint density at radius 3 is 2.71 bits per heavy atom. The van der Waals surface area contributed by atoms with Crippen molar-refractivity contribution < 1.29 is 4.79 Å². The number of benzene rings is 2. The van der Waals surface area contributed by atoms with E-state index in [9.17, 15) is 9.59 Å². The molecule has 28 heavy (non-hydrogen) atoms. The maximum Gasteiger partial charge on any atom is 0.258 e. The zero-order valence-electron chi connectivity index (χ0n) is 16.1. The molecule has 3 rings (SSSR count). The van der Waals surface area contributed by atoms with Crippen LogP contribution in [0.25, 0.3) is 10.9 Å². The van der Waals surface area contributed by atoms with E-state index in [-0.39, 0.29) is 18.0 Å². The number of hydrogen-bond donors (Lipinski definition) is 1. The number of aryl methyl sites for hydroxylation is 2. The third kappa shape index (κ3) is 4.75. The van der Waals surface area contributed by atoms with Gasteiger partial charge in [0, 0.05) is 16.5 Å². The first-order valence-electron chi connectivity index (χ1n) is 9.03. The Hall–Kier alpha value is -2.31. The summed E-state index contributed by atoms with van der Waals surface area (Å²) in [6, 6.07) is 11.2. The molecule has 0 unspecified atom stereocenters. The van der Waals surface area contributed by atoms with Crippen molar-refractivity contribution in [1.82, 2.24) is 14.9 Å². The largest absolute Gasteiger partial charge is 0.335 e. The van der Waals surface area contributed by atoms with E-state index in [0.29, 0.717) is 34.0 Å². The molecule has 0 aliphatic carbocycles. The van der Waals surface area contributed by atoms with Crippen LogP contribution in [-0.4, -0.2) is 33.1 Å². The molecule has 1 aromatic heterocycles. The number of aromatic nitrogens is 2. The molecule has 2 aromatic carbocycles. The Morgan fingerprint density at radius 1 is 1.21 bits per heavy atom. The van der Waals surface area contributed by atoms with Crippen LogP contribution in [0.2, 0.25) is 5.02 Å². The average molecular weight is 416 g/mol. The van der Waals surface area contributed by atoms with Gasteiger partial charge in [-0.3, -0.25) is 9.59 Å². The third-order valence-electron chi connectivity index (χ3n) is 4.47. The van der Waals surface area contributed by atoms with E-state index in [4.69, 9.17) is 11.6 Å². The van der Waals surface area contributed by atoms with Gasteiger partial charge in [0.1, 0.15) is 5.82 Å². The van der Waals surface area contributed by atoms with Crippen LogP contribution < -0.4 is 5.56 Å². The lowest BCUT2D eigenvalue weighted by Gasteiger charge is -2.20. The van der Waals surface area contributed by atoms with Crippen molar-refractivity contribution in [3.05, 3.63) is 68.7 Å². The van der Waals surface area contributed by atoms with E-state index >= 15 is 0 Å². The zero-order valence-corrected chi connectivity index (χ0v) is 17.7. The van der Waals surface area contributed by atoms with Crippen molar-refractivity contribution in [1.29, 1.82) is 0 Å². The SMILES string of the molecule is CCN(Cc1nc2cc(Cl)ccc2c(=O)[nH]1)C(=O)CSc1ccc(C)cc1C. The van der Waals surface area contributed by atoms with E-state index in [0.717, 1.165) is 4.90 Å². The number of aromatic amines is 1. The van der Waals surface area contributed by atoms with Gasteiger partial charge in [-0.1, -0.05) is 29.3 Å². The molecule has 0 saturated carbocycles. The summed E-state index contributed by atoms with van der Waals surface area (Å²) in [5.41, 5.74) is 2.66. The average Bonchev–Trinajstić information content (AvgIpc) is 2.64. The van der Waals surface area contributed by atoms with Crippen LogP contribution in [0.4, 0.5) is 0 Å². The van der Waals surface area contributed by atoms with Crippen molar-refractivity contribution in [3.63, 3.8) is 0 Å². The number of rotatable bonds is 6. The minimum atomic E-state index is -0.232. The number of carbonyl (C=O) groups excluding carboxylic acids is 1. The van der Waals surface area contributed by atoms with Crippen molar-refractivity contribution in [2.24, 2.45) is 0 Å². The predicted octanol–water partition coefficient (Wildman–Crippen LogP) is 4.33. The van der Waals surface area contributed by atoms with Gasteiger partial charge in [-0.2, -0.15) is 0 Å². The van der Waals surface area contributed by atoms with Gasteiger partial charge in [0.15, 0.2) is 0 Å². The predicted molar refractivity (Wildman–Crippen MR) is 115 cm³/mol. The lowest BCUT2D eigenvalue weighted by atomic mass is 10.2. The van der Waals surface area contributed by atoms with Crippen LogP contribution in [0.1, 0.15) is 23.9 Å². The fourth-order valence-electron chi connectivity index (χ4n) is 2.99. The van der Waals surface area contributed by atoms with E-state index in [1.165, 1.54) is 22.9 Å². The molecule has 1 N–H and O–H groups in total. The number of amides is 1. The van der Waals surface area contributed by atoms with E-state index < -0.39 is 0 Å². The number of nitrogens with one attached hydrogen (secondary N) is 1. The van der Waals surface area contributed by atoms with Crippen LogP contribution in [0.15, 0.2) is 46.1 Å². The Labute approximate surface area is 173 Å². The quantitative estimate of drug-likeness (QED) is 0.608. The summed E-state index contributed by atoms with van der Waals surface area (Å²) in [6.45, 7) is 6.79. The Balaban J connectivity index is 1.73. The number of fused-ring (bicyclic) bond motifs is 1. The van der Waals surface area contributed by atoms with Crippen LogP contribution in [-0.2, 0) is 11.3 Å². The molecule has 0 aliphatic rings. The third-order valence-corrected chi connectivity index (χ3v) is 5.87. The first-order chi connectivity index (χ1) is 13.4. The summed E-state index contributed by atoms with van der Waals surface area (Å²) in [4.78, 5) is 35.0. The number of halogens is 1. The minimum absolute atomic E-state index is 0.00122. The summed E-state index contributed by atoms with van der Waals surface area (Å²) < 4.78 is 0. The normalized spacial score (nSPS) is 11.0. The summed E-state index contributed by atoms with van der Waals surface area (Å²) in [5, 5.41) is 0.998. The number of hydrogen-bond acceptors (Lipinski definition) is 4. The monoisotopic (exact) mass is 415 g/mol. The summed E-state index contributed by atoms with van der Waals surface area (Å²) >= 11 is 7.53. The molecule has 0 atom stereocenters. The highest BCUT2D eigenvalue weighted by atomic mass is 35.5. The fraction of sp³-hybridized carbons (Fsp3) is 0.286. The molecule has 5 nitrogen and oxygen atoms in total. The Kier molecular flexibility index (Phi) is 6.42. The second kappa shape index (κ2) is 8.80. The van der Waals surface area contributed by atoms with Crippen LogP contribution in [0, 0.1) is 13.8 Å². The maximum atomic E-state index is 12.7. The molecule has 146 valence electrons. The molecule has 3 aromatic rings. The molecule has 0 fully saturated rings. The van der Waals surface area contributed by atoms with Crippen LogP contribution in [0.5, 0.6) is 0 Å². The van der Waals surface area contributed by atoms with Gasteiger partial charge in [0.25, 0.3) is 5.56 Å². The van der Waals surface area contributed by atoms with Crippen LogP contribution in [0.3, 0.4) is 0 Å². The molecule has 1 heterocycles. The van der Waals surface area contributed by atoms with E-state index in [1.54, 1.807) is 23.1 Å². The van der Waals surface area contributed by atoms with Crippen molar-refractivity contribution in [2.75, 3.05) is 12.3 Å². The standard InChI is InChI=1S/C21H22ClN3O2S/c1-4-25(20(26)12-28-18-8-5-13(2)9-14(18)3)11-19-23-17-10-15(22)6-7-16(17)21(27)24-19/h5-10H,4,11-12H2,1-3H3,(H,23,24,27). The molecule has 0 radical (unpaired) electrons. The summed E-state index contributed by atoms with van der Waals surface area (Å²) in [7, 11) is 0. The summed E-state index contributed by atoms with van der Waals surface area (Å²) in [5.74, 6) is 0.786. The highest BCUT2D eigenvalue weighted by Crippen LogP contribution is 2.23. The molecular formula is C21H22ClN3O2S. The smallest absolute Gasteiger partial charge is 0.258 e. The molecule has 7 heteroatoms. The second-order valence-electron chi connectivity index (χ2n) is 6.64. The molecular weight excluding hydrogens is 394 g/mol. The molecule has 0 saturated heterocycles. The molecule has 0 aliphatic heterocycles. The number of nitrogens with zero attached hydrogens (tertiary/aromatic N) is 2. The fourth-order valence-corrected chi connectivity index (χ4v) is 4.06. The topological polar surface area (TPSA) is 66.1 Å². The van der Waals surface area contributed by atoms with Gasteiger partial charge in [0.05, 0.1) is 23.2 Å². The number of carbonyl (C=O) groups is 1. The zero-order chi connectivity index (χ0) is 20.3. The van der Waals surface area contributed by atoms with Gasteiger partial charge < -0.3 is 9.88 Å². The highest BCUT2D eigenvalue weighted by Gasteiger charge is 2.15. The first kappa shape index (κ1) is 20.4. The number of H-pyrrole nitrogens is 1. The summed E-state index contributed by atoms with van der Waals surface area (Å²) in [6.07, 6.45) is 0. The lowest BCUT2D eigenvalue weighted by Crippen LogP contribution is -2.33. The molecule has 0 bridgehead atoms. The second-order valence-corrected chi connectivity index (χ2v) is 8.09. The van der Waals surface area contributed by atoms with E-state index in [2.05, 4.69) is 23.0 Å². The van der Waals surface area contributed by atoms with E-state index in [1.807, 2.05) is 26.0 Å². The van der Waals surface area contributed by atoms with Crippen molar-refractivity contribution in [2.45, 2.75) is 32.2 Å². The first-order valence-corrected chi connectivity index (χ1v) is 10.4. The highest BCUT2D eigenvalue weighted by molar-refractivity contribution is 8.00. The lowest BCUT2D eigenvalue weighted by molar-refractivity contribution is -0.128. The van der Waals surface area contributed by atoms with Gasteiger partial charge in [-0.05, 0) is 50.6 Å². The van der Waals surface area contributed by atoms with Crippen molar-refractivity contribution in [3.8, 4) is 0 Å².